The third-order valence-electron chi connectivity index (χ3n) is 4.62. The number of hydrogen-bond acceptors (Lipinski definition) is 8. The third-order valence-corrected chi connectivity index (χ3v) is 4.98. The Kier molecular flexibility index (Phi) is 10.9. The average molecular weight is 493 g/mol. The van der Waals surface area contributed by atoms with Gasteiger partial charge in [-0.2, -0.15) is 17.9 Å². The van der Waals surface area contributed by atoms with Gasteiger partial charge in [0.05, 0.1) is 13.2 Å². The Morgan fingerprint density at radius 2 is 1.85 bits per heavy atom. The van der Waals surface area contributed by atoms with E-state index in [1.165, 1.54) is 7.11 Å². The van der Waals surface area contributed by atoms with Crippen molar-refractivity contribution in [2.75, 3.05) is 26.0 Å². The summed E-state index contributed by atoms with van der Waals surface area (Å²) in [4.78, 5) is 51.6. The van der Waals surface area contributed by atoms with E-state index >= 15 is 0 Å². The van der Waals surface area contributed by atoms with Crippen LogP contribution < -0.4 is 10.6 Å². The molecule has 1 rings (SSSR count). The zero-order chi connectivity index (χ0) is 26.1. The summed E-state index contributed by atoms with van der Waals surface area (Å²) < 4.78 is 9.78. The molecule has 0 aliphatic rings. The van der Waals surface area contributed by atoms with Crippen LogP contribution in [-0.2, 0) is 23.9 Å². The molecule has 0 heterocycles. The molecule has 0 aromatic heterocycles. The van der Waals surface area contributed by atoms with Crippen molar-refractivity contribution in [2.24, 2.45) is 0 Å². The summed E-state index contributed by atoms with van der Waals surface area (Å²) in [5.41, 5.74) is 1.20. The van der Waals surface area contributed by atoms with Gasteiger partial charge >= 0.3 is 12.1 Å². The topological polar surface area (TPSA) is 138 Å². The number of aryl methyl sites for hydroxylation is 2. The molecule has 3 amide bonds. The summed E-state index contributed by atoms with van der Waals surface area (Å²) in [6, 6.07) is 4.84. The molecule has 0 saturated heterocycles. The monoisotopic (exact) mass is 492 g/mol. The highest BCUT2D eigenvalue weighted by atomic mass is 32.1. The van der Waals surface area contributed by atoms with Gasteiger partial charge in [0.2, 0.25) is 11.8 Å². The van der Waals surface area contributed by atoms with Gasteiger partial charge < -0.3 is 25.0 Å². The maximum Gasteiger partial charge on any atom is 0.408 e. The first-order chi connectivity index (χ1) is 15.8. The van der Waals surface area contributed by atoms with E-state index in [1.807, 2.05) is 19.1 Å². The number of alkyl carbamates (subject to hydrolysis) is 1. The minimum atomic E-state index is -1.25. The van der Waals surface area contributed by atoms with Crippen LogP contribution in [0.4, 0.5) is 4.79 Å². The van der Waals surface area contributed by atoms with E-state index in [2.05, 4.69) is 28.0 Å². The van der Waals surface area contributed by atoms with Crippen molar-refractivity contribution in [1.29, 1.82) is 5.26 Å². The second-order valence-corrected chi connectivity index (χ2v) is 8.93. The summed E-state index contributed by atoms with van der Waals surface area (Å²) in [5.74, 6) is -2.17. The van der Waals surface area contributed by atoms with Crippen LogP contribution in [0.15, 0.2) is 18.2 Å². The summed E-state index contributed by atoms with van der Waals surface area (Å²) >= 11 is 4.17. The second kappa shape index (κ2) is 12.8. The van der Waals surface area contributed by atoms with Crippen LogP contribution in [0.5, 0.6) is 0 Å². The molecule has 34 heavy (non-hydrogen) atoms. The van der Waals surface area contributed by atoms with Crippen LogP contribution in [0.2, 0.25) is 0 Å². The number of ether oxygens (including phenoxy) is 2. The summed E-state index contributed by atoms with van der Waals surface area (Å²) in [7, 11) is 1.18. The maximum absolute atomic E-state index is 13.5. The Morgan fingerprint density at radius 1 is 1.21 bits per heavy atom. The molecule has 1 aromatic carbocycles. The van der Waals surface area contributed by atoms with E-state index < -0.39 is 54.7 Å². The molecule has 10 nitrogen and oxygen atoms in total. The molecular formula is C23H32N4O6S. The molecule has 0 spiro atoms. The minimum Gasteiger partial charge on any atom is -0.468 e. The van der Waals surface area contributed by atoms with Gasteiger partial charge in [0.25, 0.3) is 0 Å². The van der Waals surface area contributed by atoms with Crippen LogP contribution in [0.3, 0.4) is 0 Å². The van der Waals surface area contributed by atoms with Crippen molar-refractivity contribution >= 4 is 36.5 Å². The first-order valence-electron chi connectivity index (χ1n) is 10.5. The second-order valence-electron chi connectivity index (χ2n) is 8.56. The van der Waals surface area contributed by atoms with Gasteiger partial charge in [0.15, 0.2) is 0 Å². The largest absolute Gasteiger partial charge is 0.468 e. The number of carbonyl (C=O) groups excluding carboxylic acids is 4. The maximum atomic E-state index is 13.5. The number of nitrogens with one attached hydrogen (secondary N) is 2. The Hall–Kier alpha value is -3.26. The molecule has 0 fully saturated rings. The van der Waals surface area contributed by atoms with Gasteiger partial charge in [0, 0.05) is 5.75 Å². The zero-order valence-electron chi connectivity index (χ0n) is 20.3. The summed E-state index contributed by atoms with van der Waals surface area (Å²) in [5, 5.41) is 14.4. The number of hydrogen-bond donors (Lipinski definition) is 3. The minimum absolute atomic E-state index is 0.108. The van der Waals surface area contributed by atoms with E-state index in [0.29, 0.717) is 11.1 Å². The molecular weight excluding hydrogens is 460 g/mol. The average Bonchev–Trinajstić information content (AvgIpc) is 2.75. The van der Waals surface area contributed by atoms with E-state index in [-0.39, 0.29) is 5.75 Å². The van der Waals surface area contributed by atoms with E-state index in [0.717, 1.165) is 10.5 Å². The van der Waals surface area contributed by atoms with Crippen molar-refractivity contribution in [3.8, 4) is 6.07 Å². The van der Waals surface area contributed by atoms with Crippen LogP contribution in [0.25, 0.3) is 0 Å². The quantitative estimate of drug-likeness (QED) is 0.271. The Morgan fingerprint density at radius 3 is 2.38 bits per heavy atom. The highest BCUT2D eigenvalue weighted by Crippen LogP contribution is 2.26. The van der Waals surface area contributed by atoms with Crippen LogP contribution in [-0.4, -0.2) is 66.4 Å². The number of nitrogens with zero attached hydrogens (tertiary/aromatic N) is 2. The lowest BCUT2D eigenvalue weighted by molar-refractivity contribution is -0.144. The van der Waals surface area contributed by atoms with Gasteiger partial charge in [-0.1, -0.05) is 23.8 Å². The predicted octanol–water partition coefficient (Wildman–Crippen LogP) is 1.81. The van der Waals surface area contributed by atoms with Crippen LogP contribution in [0, 0.1) is 25.2 Å². The van der Waals surface area contributed by atoms with E-state index in [4.69, 9.17) is 4.74 Å². The highest BCUT2D eigenvalue weighted by molar-refractivity contribution is 7.80. The molecule has 0 saturated carbocycles. The van der Waals surface area contributed by atoms with Crippen LogP contribution >= 0.6 is 12.6 Å². The number of nitriles is 1. The molecule has 0 aliphatic carbocycles. The number of carbonyl (C=O) groups is 4. The molecule has 2 N–H and O–H groups in total. The SMILES string of the molecule is COC(=O)CNC(=O)C(c1cc(C)ccc1C)N(CC#N)C(=O)C(CS)NC(=O)OC(C)(C)C. The van der Waals surface area contributed by atoms with Gasteiger partial charge in [0.1, 0.15) is 30.8 Å². The number of thiol groups is 1. The summed E-state index contributed by atoms with van der Waals surface area (Å²) in [6.45, 7) is 7.74. The van der Waals surface area contributed by atoms with Crippen molar-refractivity contribution in [2.45, 2.75) is 52.3 Å². The lowest BCUT2D eigenvalue weighted by Crippen LogP contribution is -2.54. The van der Waals surface area contributed by atoms with E-state index in [9.17, 15) is 24.4 Å². The fraction of sp³-hybridized carbons (Fsp3) is 0.522. The molecule has 11 heteroatoms. The molecule has 0 bridgehead atoms. The molecule has 186 valence electrons. The normalized spacial score (nSPS) is 12.5. The number of methoxy groups -OCH3 is 1. The van der Waals surface area contributed by atoms with Crippen molar-refractivity contribution in [3.63, 3.8) is 0 Å². The smallest absolute Gasteiger partial charge is 0.408 e. The van der Waals surface area contributed by atoms with Gasteiger partial charge in [-0.05, 0) is 45.7 Å². The van der Waals surface area contributed by atoms with Gasteiger partial charge in [-0.3, -0.25) is 14.4 Å². The standard InChI is InChI=1S/C23H32N4O6S/c1-14-7-8-15(2)16(11-14)19(20(29)25-12-18(28)32-6)27(10-9-24)21(30)17(13-34)26-22(31)33-23(3,4)5/h7-8,11,17,19,34H,10,12-13H2,1-6H3,(H,25,29)(H,26,31). The molecule has 2 unspecified atom stereocenters. The molecule has 2 atom stereocenters. The van der Waals surface area contributed by atoms with Crippen molar-refractivity contribution in [3.05, 3.63) is 34.9 Å². The first kappa shape index (κ1) is 28.8. The highest BCUT2D eigenvalue weighted by Gasteiger charge is 2.36. The molecule has 1 aromatic rings. The predicted molar refractivity (Wildman–Crippen MR) is 128 cm³/mol. The lowest BCUT2D eigenvalue weighted by atomic mass is 9.96. The number of rotatable bonds is 9. The van der Waals surface area contributed by atoms with Crippen molar-refractivity contribution < 1.29 is 28.7 Å². The van der Waals surface area contributed by atoms with Gasteiger partial charge in [-0.25, -0.2) is 4.79 Å². The fourth-order valence-electron chi connectivity index (χ4n) is 3.04. The first-order valence-corrected chi connectivity index (χ1v) is 11.2. The van der Waals surface area contributed by atoms with Gasteiger partial charge in [-0.15, -0.1) is 0 Å². The Labute approximate surface area is 205 Å². The number of amides is 3. The molecule has 0 aliphatic heterocycles. The fourth-order valence-corrected chi connectivity index (χ4v) is 3.29. The number of esters is 1. The Balaban J connectivity index is 3.41. The molecule has 0 radical (unpaired) electrons. The zero-order valence-corrected chi connectivity index (χ0v) is 21.2. The lowest BCUT2D eigenvalue weighted by Gasteiger charge is -2.33. The van der Waals surface area contributed by atoms with Crippen LogP contribution in [0.1, 0.15) is 43.5 Å². The number of benzene rings is 1. The van der Waals surface area contributed by atoms with Crippen molar-refractivity contribution in [1.82, 2.24) is 15.5 Å². The van der Waals surface area contributed by atoms with E-state index in [1.54, 1.807) is 39.8 Å². The Bertz CT molecular complexity index is 954. The summed E-state index contributed by atoms with van der Waals surface area (Å²) in [6.07, 6.45) is -0.838. The third kappa shape index (κ3) is 8.59.